The molecule has 0 radical (unpaired) electrons. The molecule has 1 aromatic carbocycles. The molecule has 0 aliphatic carbocycles. The number of rotatable bonds is 3. The summed E-state index contributed by atoms with van der Waals surface area (Å²) in [5.41, 5.74) is 7.41. The van der Waals surface area contributed by atoms with Crippen LogP contribution in [0.2, 0.25) is 5.02 Å². The average Bonchev–Trinajstić information content (AvgIpc) is 2.44. The van der Waals surface area contributed by atoms with E-state index in [9.17, 15) is 0 Å². The number of nitrogens with one attached hydrogen (secondary N) is 1. The fourth-order valence-electron chi connectivity index (χ4n) is 2.14. The first kappa shape index (κ1) is 13.8. The lowest BCUT2D eigenvalue weighted by molar-refractivity contribution is 0.171. The van der Waals surface area contributed by atoms with Gasteiger partial charge in [0.05, 0.1) is 5.02 Å². The number of ether oxygens (including phenoxy) is 2. The van der Waals surface area contributed by atoms with Gasteiger partial charge in [-0.2, -0.15) is 4.98 Å². The van der Waals surface area contributed by atoms with E-state index in [4.69, 9.17) is 26.8 Å². The number of hydrogen-bond donors (Lipinski definition) is 2. The van der Waals surface area contributed by atoms with Crippen LogP contribution < -0.4 is 20.5 Å². The van der Waals surface area contributed by atoms with Gasteiger partial charge in [0.1, 0.15) is 19.0 Å². The first-order chi connectivity index (χ1) is 10.1. The second kappa shape index (κ2) is 5.65. The second-order valence-electron chi connectivity index (χ2n) is 4.71. The first-order valence-corrected chi connectivity index (χ1v) is 6.92. The van der Waals surface area contributed by atoms with Gasteiger partial charge in [0.25, 0.3) is 0 Å². The summed E-state index contributed by atoms with van der Waals surface area (Å²) < 4.78 is 11.0. The van der Waals surface area contributed by atoms with Gasteiger partial charge in [-0.15, -0.1) is 0 Å². The highest BCUT2D eigenvalue weighted by Crippen LogP contribution is 2.38. The molecule has 0 spiro atoms. The molecule has 1 aromatic heterocycles. The Kier molecular flexibility index (Phi) is 3.70. The highest BCUT2D eigenvalue weighted by atomic mass is 35.5. The van der Waals surface area contributed by atoms with Crippen molar-refractivity contribution in [2.45, 2.75) is 13.5 Å². The zero-order chi connectivity index (χ0) is 14.8. The van der Waals surface area contributed by atoms with E-state index in [2.05, 4.69) is 15.3 Å². The van der Waals surface area contributed by atoms with Gasteiger partial charge in [-0.1, -0.05) is 11.6 Å². The summed E-state index contributed by atoms with van der Waals surface area (Å²) in [6, 6.07) is 5.58. The number of nitrogens with two attached hydrogens (primary N) is 1. The zero-order valence-corrected chi connectivity index (χ0v) is 12.3. The van der Waals surface area contributed by atoms with Gasteiger partial charge in [-0.25, -0.2) is 4.98 Å². The number of anilines is 2. The third-order valence-electron chi connectivity index (χ3n) is 3.00. The maximum Gasteiger partial charge on any atom is 0.222 e. The molecule has 7 heteroatoms. The van der Waals surface area contributed by atoms with Crippen LogP contribution in [-0.4, -0.2) is 23.2 Å². The molecule has 110 valence electrons. The SMILES string of the molecule is Cc1cc(NCc2cc(Cl)c3c(c2)OCCO3)nc(N)n1. The van der Waals surface area contributed by atoms with Gasteiger partial charge in [-0.3, -0.25) is 0 Å². The number of benzene rings is 1. The van der Waals surface area contributed by atoms with Crippen LogP contribution in [0.4, 0.5) is 11.8 Å². The summed E-state index contributed by atoms with van der Waals surface area (Å²) >= 11 is 6.20. The predicted molar refractivity (Wildman–Crippen MR) is 81.0 cm³/mol. The summed E-state index contributed by atoms with van der Waals surface area (Å²) in [6.07, 6.45) is 0. The number of aromatic nitrogens is 2. The van der Waals surface area contributed by atoms with E-state index in [1.165, 1.54) is 0 Å². The van der Waals surface area contributed by atoms with Crippen molar-refractivity contribution in [1.29, 1.82) is 0 Å². The van der Waals surface area contributed by atoms with E-state index in [-0.39, 0.29) is 5.95 Å². The Morgan fingerprint density at radius 1 is 1.24 bits per heavy atom. The van der Waals surface area contributed by atoms with Crippen molar-refractivity contribution in [3.63, 3.8) is 0 Å². The maximum absolute atomic E-state index is 6.20. The normalized spacial score (nSPS) is 13.0. The molecule has 0 unspecified atom stereocenters. The van der Waals surface area contributed by atoms with Crippen molar-refractivity contribution in [2.24, 2.45) is 0 Å². The predicted octanol–water partition coefficient (Wildman–Crippen LogP) is 2.40. The van der Waals surface area contributed by atoms with Crippen LogP contribution in [-0.2, 0) is 6.54 Å². The van der Waals surface area contributed by atoms with Crippen molar-refractivity contribution >= 4 is 23.4 Å². The minimum atomic E-state index is 0.248. The molecule has 21 heavy (non-hydrogen) atoms. The lowest BCUT2D eigenvalue weighted by Crippen LogP contribution is -2.16. The minimum Gasteiger partial charge on any atom is -0.486 e. The van der Waals surface area contributed by atoms with Crippen molar-refractivity contribution in [3.05, 3.63) is 34.5 Å². The quantitative estimate of drug-likeness (QED) is 0.906. The molecule has 6 nitrogen and oxygen atoms in total. The Bertz CT molecular complexity index is 658. The largest absolute Gasteiger partial charge is 0.486 e. The molecule has 3 N–H and O–H groups in total. The Hall–Kier alpha value is -2.21. The van der Waals surface area contributed by atoms with Crippen molar-refractivity contribution in [2.75, 3.05) is 24.3 Å². The molecule has 1 aliphatic heterocycles. The second-order valence-corrected chi connectivity index (χ2v) is 5.12. The number of aryl methyl sites for hydroxylation is 1. The lowest BCUT2D eigenvalue weighted by atomic mass is 10.2. The summed E-state index contributed by atoms with van der Waals surface area (Å²) in [5, 5.41) is 3.73. The average molecular weight is 307 g/mol. The van der Waals surface area contributed by atoms with E-state index in [1.54, 1.807) is 0 Å². The minimum absolute atomic E-state index is 0.248. The Morgan fingerprint density at radius 2 is 2.05 bits per heavy atom. The van der Waals surface area contributed by atoms with Crippen molar-refractivity contribution in [1.82, 2.24) is 9.97 Å². The smallest absolute Gasteiger partial charge is 0.222 e. The van der Waals surface area contributed by atoms with Gasteiger partial charge in [0.2, 0.25) is 5.95 Å². The van der Waals surface area contributed by atoms with E-state index in [1.807, 2.05) is 25.1 Å². The standard InChI is InChI=1S/C14H15ClN4O2/c1-8-4-12(19-14(16)18-8)17-7-9-5-10(15)13-11(6-9)20-2-3-21-13/h4-6H,2-3,7H2,1H3,(H3,16,17,18,19). The highest BCUT2D eigenvalue weighted by molar-refractivity contribution is 6.32. The summed E-state index contributed by atoms with van der Waals surface area (Å²) in [5.74, 6) is 2.20. The Morgan fingerprint density at radius 3 is 2.86 bits per heavy atom. The third kappa shape index (κ3) is 3.11. The van der Waals surface area contributed by atoms with E-state index in [0.29, 0.717) is 42.1 Å². The number of nitrogens with zero attached hydrogens (tertiary/aromatic N) is 2. The van der Waals surface area contributed by atoms with Crippen LogP contribution in [0.25, 0.3) is 0 Å². The highest BCUT2D eigenvalue weighted by Gasteiger charge is 2.16. The van der Waals surface area contributed by atoms with Crippen LogP contribution in [0.3, 0.4) is 0 Å². The van der Waals surface area contributed by atoms with Crippen LogP contribution >= 0.6 is 11.6 Å². The van der Waals surface area contributed by atoms with Crippen LogP contribution in [0, 0.1) is 6.92 Å². The van der Waals surface area contributed by atoms with Gasteiger partial charge >= 0.3 is 0 Å². The maximum atomic E-state index is 6.20. The molecule has 3 rings (SSSR count). The molecule has 0 saturated carbocycles. The third-order valence-corrected chi connectivity index (χ3v) is 3.28. The van der Waals surface area contributed by atoms with Gasteiger partial charge in [0.15, 0.2) is 11.5 Å². The van der Waals surface area contributed by atoms with Crippen molar-refractivity contribution in [3.8, 4) is 11.5 Å². The van der Waals surface area contributed by atoms with Crippen molar-refractivity contribution < 1.29 is 9.47 Å². The lowest BCUT2D eigenvalue weighted by Gasteiger charge is -2.20. The molecular formula is C14H15ClN4O2. The molecule has 1 aliphatic rings. The molecule has 0 saturated heterocycles. The monoisotopic (exact) mass is 306 g/mol. The van der Waals surface area contributed by atoms with E-state index < -0.39 is 0 Å². The fraction of sp³-hybridized carbons (Fsp3) is 0.286. The van der Waals surface area contributed by atoms with Crippen LogP contribution in [0.1, 0.15) is 11.3 Å². The van der Waals surface area contributed by atoms with Gasteiger partial charge in [0, 0.05) is 18.3 Å². The van der Waals surface area contributed by atoms with E-state index >= 15 is 0 Å². The molecule has 2 heterocycles. The van der Waals surface area contributed by atoms with Gasteiger partial charge in [-0.05, 0) is 24.6 Å². The molecule has 0 atom stereocenters. The molecule has 0 bridgehead atoms. The molecule has 2 aromatic rings. The van der Waals surface area contributed by atoms with Crippen LogP contribution in [0.5, 0.6) is 11.5 Å². The summed E-state index contributed by atoms with van der Waals surface area (Å²) in [4.78, 5) is 8.16. The zero-order valence-electron chi connectivity index (χ0n) is 11.5. The van der Waals surface area contributed by atoms with Crippen LogP contribution in [0.15, 0.2) is 18.2 Å². The molecular weight excluding hydrogens is 292 g/mol. The first-order valence-electron chi connectivity index (χ1n) is 6.55. The number of halogens is 1. The van der Waals surface area contributed by atoms with E-state index in [0.717, 1.165) is 11.3 Å². The molecule has 0 amide bonds. The summed E-state index contributed by atoms with van der Waals surface area (Å²) in [7, 11) is 0. The fourth-order valence-corrected chi connectivity index (χ4v) is 2.43. The number of hydrogen-bond acceptors (Lipinski definition) is 6. The Labute approximate surface area is 127 Å². The Balaban J connectivity index is 1.77. The van der Waals surface area contributed by atoms with Gasteiger partial charge < -0.3 is 20.5 Å². The summed E-state index contributed by atoms with van der Waals surface area (Å²) in [6.45, 7) is 3.46. The topological polar surface area (TPSA) is 82.3 Å². The number of nitrogen functional groups attached to an aromatic ring is 1. The molecule has 0 fully saturated rings. The number of fused-ring (bicyclic) bond motifs is 1.